The van der Waals surface area contributed by atoms with Gasteiger partial charge < -0.3 is 9.32 Å². The molecular weight excluding hydrogens is 381 g/mol. The van der Waals surface area contributed by atoms with E-state index in [1.165, 1.54) is 12.1 Å². The van der Waals surface area contributed by atoms with Crippen molar-refractivity contribution < 1.29 is 17.6 Å². The summed E-state index contributed by atoms with van der Waals surface area (Å²) < 4.78 is 43.2. The van der Waals surface area contributed by atoms with Gasteiger partial charge in [-0.1, -0.05) is 12.1 Å². The Morgan fingerprint density at radius 2 is 1.62 bits per heavy atom. The molecule has 8 heteroatoms. The van der Waals surface area contributed by atoms with E-state index < -0.39 is 12.3 Å². The number of anilines is 1. The topological polar surface area (TPSA) is 45.4 Å². The van der Waals surface area contributed by atoms with E-state index in [9.17, 15) is 13.2 Å². The van der Waals surface area contributed by atoms with Crippen molar-refractivity contribution in [3.05, 3.63) is 65.8 Å². The molecule has 1 aromatic heterocycles. The average molecular weight is 400 g/mol. The molecular formula is C21H19F3N4O. The normalized spacial score (nSPS) is 18.1. The van der Waals surface area contributed by atoms with Crippen LogP contribution in [0.4, 0.5) is 18.9 Å². The molecule has 0 amide bonds. The molecule has 0 saturated carbocycles. The second-order valence-corrected chi connectivity index (χ2v) is 7.92. The first-order valence-electron chi connectivity index (χ1n) is 9.43. The highest BCUT2D eigenvalue weighted by atomic mass is 19.3. The zero-order chi connectivity index (χ0) is 20.0. The second-order valence-electron chi connectivity index (χ2n) is 7.92. The molecule has 150 valence electrons. The third kappa shape index (κ3) is 3.48. The fourth-order valence-electron chi connectivity index (χ4n) is 4.26. The molecule has 2 aliphatic heterocycles. The second kappa shape index (κ2) is 6.88. The Hall–Kier alpha value is -2.87. The van der Waals surface area contributed by atoms with Gasteiger partial charge in [-0.25, -0.2) is 4.39 Å². The molecule has 0 bridgehead atoms. The summed E-state index contributed by atoms with van der Waals surface area (Å²) in [5.41, 5.74) is 3.18. The van der Waals surface area contributed by atoms with Crippen LogP contribution in [0.2, 0.25) is 0 Å². The van der Waals surface area contributed by atoms with Gasteiger partial charge in [-0.05, 0) is 42.0 Å². The van der Waals surface area contributed by atoms with Crippen molar-refractivity contribution in [1.29, 1.82) is 0 Å². The molecule has 0 atom stereocenters. The largest absolute Gasteiger partial charge is 0.415 e. The first-order chi connectivity index (χ1) is 14.0. The zero-order valence-corrected chi connectivity index (χ0v) is 15.6. The summed E-state index contributed by atoms with van der Waals surface area (Å²) >= 11 is 0. The SMILES string of the molecule is Fc1ccc(N2CC3(CN(Cc4ccc(-c5nnc(C(F)F)o5)cc4)C3)C2)cc1. The summed E-state index contributed by atoms with van der Waals surface area (Å²) in [7, 11) is 0. The molecule has 29 heavy (non-hydrogen) atoms. The maximum atomic E-state index is 13.0. The van der Waals surface area contributed by atoms with Crippen LogP contribution in [0, 0.1) is 11.2 Å². The van der Waals surface area contributed by atoms with Crippen molar-refractivity contribution in [2.75, 3.05) is 31.1 Å². The smallest absolute Gasteiger partial charge is 0.314 e. The molecule has 5 rings (SSSR count). The first-order valence-corrected chi connectivity index (χ1v) is 9.43. The number of nitrogens with zero attached hydrogens (tertiary/aromatic N) is 4. The maximum Gasteiger partial charge on any atom is 0.314 e. The van der Waals surface area contributed by atoms with Crippen molar-refractivity contribution >= 4 is 5.69 Å². The Labute approximate surface area is 165 Å². The lowest BCUT2D eigenvalue weighted by Gasteiger charge is -2.61. The molecule has 0 aliphatic carbocycles. The van der Waals surface area contributed by atoms with Gasteiger partial charge in [0.05, 0.1) is 0 Å². The number of aromatic nitrogens is 2. The molecule has 0 unspecified atom stereocenters. The van der Waals surface area contributed by atoms with Crippen LogP contribution in [-0.4, -0.2) is 41.3 Å². The quantitative estimate of drug-likeness (QED) is 0.644. The molecule has 5 nitrogen and oxygen atoms in total. The van der Waals surface area contributed by atoms with Gasteiger partial charge in [0.2, 0.25) is 5.89 Å². The molecule has 3 aromatic rings. The van der Waals surface area contributed by atoms with Gasteiger partial charge in [-0.15, -0.1) is 10.2 Å². The monoisotopic (exact) mass is 400 g/mol. The van der Waals surface area contributed by atoms with Gasteiger partial charge in [-0.2, -0.15) is 8.78 Å². The van der Waals surface area contributed by atoms with Crippen molar-refractivity contribution in [3.63, 3.8) is 0 Å². The van der Waals surface area contributed by atoms with Gasteiger partial charge in [0.25, 0.3) is 5.89 Å². The van der Waals surface area contributed by atoms with E-state index in [-0.39, 0.29) is 11.7 Å². The minimum atomic E-state index is -2.76. The number of hydrogen-bond acceptors (Lipinski definition) is 5. The number of likely N-dealkylation sites (tertiary alicyclic amines) is 1. The van der Waals surface area contributed by atoms with Gasteiger partial charge >= 0.3 is 6.43 Å². The summed E-state index contributed by atoms with van der Waals surface area (Å²) in [6.45, 7) is 4.90. The van der Waals surface area contributed by atoms with Crippen LogP contribution in [0.1, 0.15) is 17.9 Å². The zero-order valence-electron chi connectivity index (χ0n) is 15.6. The maximum absolute atomic E-state index is 13.0. The van der Waals surface area contributed by atoms with E-state index in [0.717, 1.165) is 44.0 Å². The lowest BCUT2D eigenvalue weighted by Crippen LogP contribution is -2.71. The van der Waals surface area contributed by atoms with Gasteiger partial charge in [-0.3, -0.25) is 4.90 Å². The van der Waals surface area contributed by atoms with Crippen LogP contribution >= 0.6 is 0 Å². The molecule has 2 saturated heterocycles. The van der Waals surface area contributed by atoms with Crippen LogP contribution < -0.4 is 4.90 Å². The molecule has 2 aliphatic rings. The average Bonchev–Trinajstić information content (AvgIpc) is 3.15. The summed E-state index contributed by atoms with van der Waals surface area (Å²) in [5, 5.41) is 7.02. The molecule has 0 radical (unpaired) electrons. The minimum absolute atomic E-state index is 0.102. The molecule has 3 heterocycles. The highest BCUT2D eigenvalue weighted by Crippen LogP contribution is 2.42. The standard InChI is InChI=1S/C21H19F3N4O/c22-16-5-7-17(8-6-16)28-12-21(13-28)10-27(11-21)9-14-1-3-15(4-2-14)19-25-26-20(29-19)18(23)24/h1-8,18H,9-13H2. The fraction of sp³-hybridized carbons (Fsp3) is 0.333. The summed E-state index contributed by atoms with van der Waals surface area (Å²) in [6.07, 6.45) is -2.76. The Morgan fingerprint density at radius 1 is 0.931 bits per heavy atom. The molecule has 2 fully saturated rings. The van der Waals surface area contributed by atoms with Gasteiger partial charge in [0.15, 0.2) is 0 Å². The number of alkyl halides is 2. The molecule has 0 N–H and O–H groups in total. The van der Waals surface area contributed by atoms with E-state index in [0.29, 0.717) is 11.0 Å². The van der Waals surface area contributed by atoms with Gasteiger partial charge in [0.1, 0.15) is 5.82 Å². The lowest BCUT2D eigenvalue weighted by atomic mass is 9.72. The van der Waals surface area contributed by atoms with E-state index >= 15 is 0 Å². The molecule has 1 spiro atoms. The summed E-state index contributed by atoms with van der Waals surface area (Å²) in [5.74, 6) is -0.770. The third-order valence-corrected chi connectivity index (χ3v) is 5.60. The van der Waals surface area contributed by atoms with E-state index in [4.69, 9.17) is 4.42 Å². The molecule has 2 aromatic carbocycles. The fourth-order valence-corrected chi connectivity index (χ4v) is 4.26. The van der Waals surface area contributed by atoms with Crippen molar-refractivity contribution in [3.8, 4) is 11.5 Å². The van der Waals surface area contributed by atoms with Crippen LogP contribution in [-0.2, 0) is 6.54 Å². The van der Waals surface area contributed by atoms with E-state index in [1.54, 1.807) is 0 Å². The Balaban J connectivity index is 1.13. The van der Waals surface area contributed by atoms with Gasteiger partial charge in [0, 0.05) is 49.4 Å². The first kappa shape index (κ1) is 18.2. The predicted molar refractivity (Wildman–Crippen MR) is 101 cm³/mol. The Bertz CT molecular complexity index is 990. The number of benzene rings is 2. The van der Waals surface area contributed by atoms with Crippen molar-refractivity contribution in [1.82, 2.24) is 15.1 Å². The Morgan fingerprint density at radius 3 is 2.24 bits per heavy atom. The van der Waals surface area contributed by atoms with E-state index in [1.807, 2.05) is 36.4 Å². The number of hydrogen-bond donors (Lipinski definition) is 0. The van der Waals surface area contributed by atoms with Crippen LogP contribution in [0.3, 0.4) is 0 Å². The summed E-state index contributed by atoms with van der Waals surface area (Å²) in [4.78, 5) is 4.67. The highest BCUT2D eigenvalue weighted by Gasteiger charge is 2.51. The van der Waals surface area contributed by atoms with Crippen LogP contribution in [0.5, 0.6) is 0 Å². The third-order valence-electron chi connectivity index (χ3n) is 5.60. The van der Waals surface area contributed by atoms with Crippen LogP contribution in [0.25, 0.3) is 11.5 Å². The minimum Gasteiger partial charge on any atom is -0.415 e. The number of halogens is 3. The van der Waals surface area contributed by atoms with Crippen molar-refractivity contribution in [2.24, 2.45) is 5.41 Å². The lowest BCUT2D eigenvalue weighted by molar-refractivity contribution is -0.0273. The van der Waals surface area contributed by atoms with Crippen molar-refractivity contribution in [2.45, 2.75) is 13.0 Å². The number of rotatable bonds is 5. The Kier molecular flexibility index (Phi) is 4.31. The highest BCUT2D eigenvalue weighted by molar-refractivity contribution is 5.53. The van der Waals surface area contributed by atoms with Crippen LogP contribution in [0.15, 0.2) is 52.9 Å². The predicted octanol–water partition coefficient (Wildman–Crippen LogP) is 4.14. The summed E-state index contributed by atoms with van der Waals surface area (Å²) in [6, 6.07) is 14.2. The van der Waals surface area contributed by atoms with E-state index in [2.05, 4.69) is 20.0 Å².